The highest BCUT2D eigenvalue weighted by atomic mass is 14.3. The molecule has 0 amide bonds. The van der Waals surface area contributed by atoms with E-state index in [2.05, 4.69) is 38.2 Å². The zero-order valence-corrected chi connectivity index (χ0v) is 12.4. The maximum absolute atomic E-state index is 2.43. The first-order valence-corrected chi connectivity index (χ1v) is 8.38. The van der Waals surface area contributed by atoms with E-state index in [-0.39, 0.29) is 0 Å². The summed E-state index contributed by atoms with van der Waals surface area (Å²) >= 11 is 0. The molecule has 2 saturated carbocycles. The second-order valence-corrected chi connectivity index (χ2v) is 7.04. The van der Waals surface area contributed by atoms with Crippen LogP contribution in [0.3, 0.4) is 0 Å². The maximum Gasteiger partial charge on any atom is 0.105 e. The van der Waals surface area contributed by atoms with Crippen LogP contribution in [0.4, 0.5) is 0 Å². The molecule has 0 aromatic heterocycles. The Morgan fingerprint density at radius 1 is 0.684 bits per heavy atom. The summed E-state index contributed by atoms with van der Waals surface area (Å²) in [5.74, 6) is 3.96. The van der Waals surface area contributed by atoms with E-state index < -0.39 is 0 Å². The fourth-order valence-electron chi connectivity index (χ4n) is 4.41. The van der Waals surface area contributed by atoms with Gasteiger partial charge in [-0.2, -0.15) is 0 Å². The highest BCUT2D eigenvalue weighted by molar-refractivity contribution is 6.11. The average molecular weight is 254 g/mol. The first-order chi connectivity index (χ1) is 9.33. The van der Waals surface area contributed by atoms with Crippen LogP contribution in [0.2, 0.25) is 5.82 Å². The van der Waals surface area contributed by atoms with Gasteiger partial charge in [0.15, 0.2) is 0 Å². The summed E-state index contributed by atoms with van der Waals surface area (Å²) in [5.41, 5.74) is 1.58. The van der Waals surface area contributed by atoms with Gasteiger partial charge in [0.2, 0.25) is 0 Å². The SMILES string of the molecule is BC1CCC(C2CCC(c3ccccc3)CC2)CC1. The Labute approximate surface area is 119 Å². The lowest BCUT2D eigenvalue weighted by Crippen LogP contribution is -2.24. The Balaban J connectivity index is 1.52. The Hall–Kier alpha value is -0.715. The first-order valence-electron chi connectivity index (χ1n) is 8.38. The topological polar surface area (TPSA) is 0 Å². The second-order valence-electron chi connectivity index (χ2n) is 7.04. The van der Waals surface area contributed by atoms with Gasteiger partial charge in [0, 0.05) is 0 Å². The molecule has 0 heterocycles. The number of benzene rings is 1. The summed E-state index contributed by atoms with van der Waals surface area (Å²) in [7, 11) is 2.43. The molecular formula is C18H27B. The normalized spacial score (nSPS) is 36.0. The summed E-state index contributed by atoms with van der Waals surface area (Å²) in [6.45, 7) is 0. The van der Waals surface area contributed by atoms with Crippen molar-refractivity contribution in [2.75, 3.05) is 0 Å². The van der Waals surface area contributed by atoms with Crippen LogP contribution in [0, 0.1) is 11.8 Å². The van der Waals surface area contributed by atoms with Crippen LogP contribution in [-0.2, 0) is 0 Å². The van der Waals surface area contributed by atoms with Crippen molar-refractivity contribution in [2.24, 2.45) is 11.8 Å². The van der Waals surface area contributed by atoms with Crippen molar-refractivity contribution in [3.05, 3.63) is 35.9 Å². The Morgan fingerprint density at radius 2 is 1.21 bits per heavy atom. The molecule has 19 heavy (non-hydrogen) atoms. The standard InChI is InChI=1S/C18H27B/c19-18-12-10-17(11-13-18)16-8-6-15(7-9-16)14-4-2-1-3-5-14/h1-5,15-18H,6-13,19H2. The molecule has 2 aliphatic rings. The fourth-order valence-corrected chi connectivity index (χ4v) is 4.41. The van der Waals surface area contributed by atoms with Crippen molar-refractivity contribution in [3.8, 4) is 0 Å². The van der Waals surface area contributed by atoms with Gasteiger partial charge in [0.25, 0.3) is 0 Å². The summed E-state index contributed by atoms with van der Waals surface area (Å²) in [6, 6.07) is 11.2. The lowest BCUT2D eigenvalue weighted by Gasteiger charge is -2.37. The monoisotopic (exact) mass is 254 g/mol. The third kappa shape index (κ3) is 3.24. The van der Waals surface area contributed by atoms with Crippen LogP contribution >= 0.6 is 0 Å². The third-order valence-electron chi connectivity index (χ3n) is 5.77. The number of hydrogen-bond acceptors (Lipinski definition) is 0. The summed E-state index contributed by atoms with van der Waals surface area (Å²) < 4.78 is 0. The molecule has 1 aromatic carbocycles. The highest BCUT2D eigenvalue weighted by Crippen LogP contribution is 2.44. The minimum atomic E-state index is 0.847. The van der Waals surface area contributed by atoms with E-state index in [1.807, 2.05) is 0 Å². The molecule has 0 aliphatic heterocycles. The Bertz CT molecular complexity index is 370. The largest absolute Gasteiger partial charge is 0.105 e. The Kier molecular flexibility index (Phi) is 4.30. The smallest absolute Gasteiger partial charge is 0.0697 e. The summed E-state index contributed by atoms with van der Waals surface area (Å²) in [5, 5.41) is 0. The van der Waals surface area contributed by atoms with Gasteiger partial charge in [0.05, 0.1) is 0 Å². The molecule has 3 rings (SSSR count). The van der Waals surface area contributed by atoms with Crippen molar-refractivity contribution >= 4 is 7.85 Å². The van der Waals surface area contributed by atoms with Gasteiger partial charge in [-0.1, -0.05) is 61.8 Å². The first kappa shape index (κ1) is 13.3. The molecule has 2 aliphatic carbocycles. The third-order valence-corrected chi connectivity index (χ3v) is 5.77. The van der Waals surface area contributed by atoms with Crippen molar-refractivity contribution < 1.29 is 0 Å². The maximum atomic E-state index is 2.43. The van der Waals surface area contributed by atoms with Crippen molar-refractivity contribution in [2.45, 2.75) is 63.1 Å². The molecule has 0 nitrogen and oxygen atoms in total. The molecular weight excluding hydrogens is 227 g/mol. The molecule has 1 aromatic rings. The van der Waals surface area contributed by atoms with Crippen LogP contribution in [0.5, 0.6) is 0 Å². The molecule has 0 unspecified atom stereocenters. The van der Waals surface area contributed by atoms with Gasteiger partial charge in [-0.25, -0.2) is 0 Å². The molecule has 2 fully saturated rings. The van der Waals surface area contributed by atoms with E-state index in [0.717, 1.165) is 23.6 Å². The summed E-state index contributed by atoms with van der Waals surface area (Å²) in [6.07, 6.45) is 11.8. The van der Waals surface area contributed by atoms with Crippen LogP contribution in [0.25, 0.3) is 0 Å². The molecule has 0 saturated heterocycles. The van der Waals surface area contributed by atoms with Gasteiger partial charge >= 0.3 is 0 Å². The second kappa shape index (κ2) is 6.16. The molecule has 0 bridgehead atoms. The van der Waals surface area contributed by atoms with Gasteiger partial charge < -0.3 is 0 Å². The van der Waals surface area contributed by atoms with E-state index in [9.17, 15) is 0 Å². The minimum absolute atomic E-state index is 0.847. The minimum Gasteiger partial charge on any atom is -0.0697 e. The average Bonchev–Trinajstić information content (AvgIpc) is 2.49. The molecule has 102 valence electrons. The van der Waals surface area contributed by atoms with Crippen molar-refractivity contribution in [3.63, 3.8) is 0 Å². The molecule has 0 atom stereocenters. The highest BCUT2D eigenvalue weighted by Gasteiger charge is 2.30. The number of hydrogen-bond donors (Lipinski definition) is 0. The predicted molar refractivity (Wildman–Crippen MR) is 85.4 cm³/mol. The number of rotatable bonds is 2. The predicted octanol–water partition coefficient (Wildman–Crippen LogP) is 4.57. The van der Waals surface area contributed by atoms with E-state index in [1.54, 1.807) is 5.56 Å². The van der Waals surface area contributed by atoms with Gasteiger partial charge in [0.1, 0.15) is 7.85 Å². The molecule has 0 N–H and O–H groups in total. The fraction of sp³-hybridized carbons (Fsp3) is 0.667. The van der Waals surface area contributed by atoms with E-state index >= 15 is 0 Å². The quantitative estimate of drug-likeness (QED) is 0.678. The molecule has 0 spiro atoms. The lowest BCUT2D eigenvalue weighted by atomic mass is 9.65. The summed E-state index contributed by atoms with van der Waals surface area (Å²) in [4.78, 5) is 0. The van der Waals surface area contributed by atoms with Crippen molar-refractivity contribution in [1.29, 1.82) is 0 Å². The van der Waals surface area contributed by atoms with Crippen LogP contribution < -0.4 is 0 Å². The van der Waals surface area contributed by atoms with Crippen LogP contribution in [0.15, 0.2) is 30.3 Å². The zero-order chi connectivity index (χ0) is 13.1. The van der Waals surface area contributed by atoms with E-state index in [4.69, 9.17) is 0 Å². The van der Waals surface area contributed by atoms with Gasteiger partial charge in [-0.15, -0.1) is 0 Å². The Morgan fingerprint density at radius 3 is 1.79 bits per heavy atom. The molecule has 1 heteroatoms. The van der Waals surface area contributed by atoms with E-state index in [0.29, 0.717) is 0 Å². The zero-order valence-electron chi connectivity index (χ0n) is 12.4. The van der Waals surface area contributed by atoms with Crippen LogP contribution in [-0.4, -0.2) is 7.85 Å². The van der Waals surface area contributed by atoms with Crippen molar-refractivity contribution in [1.82, 2.24) is 0 Å². The van der Waals surface area contributed by atoms with E-state index in [1.165, 1.54) is 51.4 Å². The molecule has 0 radical (unpaired) electrons. The lowest BCUT2D eigenvalue weighted by molar-refractivity contribution is 0.186. The van der Waals surface area contributed by atoms with Crippen LogP contribution in [0.1, 0.15) is 62.8 Å². The van der Waals surface area contributed by atoms with Gasteiger partial charge in [-0.3, -0.25) is 0 Å². The van der Waals surface area contributed by atoms with Gasteiger partial charge in [-0.05, 0) is 49.0 Å².